The number of amides is 1. The van der Waals surface area contributed by atoms with E-state index in [1.807, 2.05) is 6.92 Å². The van der Waals surface area contributed by atoms with Gasteiger partial charge >= 0.3 is 0 Å². The number of morpholine rings is 1. The fourth-order valence-corrected chi connectivity index (χ4v) is 2.25. The quantitative estimate of drug-likeness (QED) is 0.812. The lowest BCUT2D eigenvalue weighted by molar-refractivity contribution is -0.122. The number of benzene rings is 1. The summed E-state index contributed by atoms with van der Waals surface area (Å²) in [6.07, 6.45) is 0. The van der Waals surface area contributed by atoms with Gasteiger partial charge in [-0.1, -0.05) is 24.3 Å². The van der Waals surface area contributed by atoms with Crippen LogP contribution in [0.25, 0.3) is 0 Å². The van der Waals surface area contributed by atoms with Crippen LogP contribution in [-0.4, -0.2) is 50.2 Å². The predicted octanol–water partition coefficient (Wildman–Crippen LogP) is 0.743. The molecule has 0 spiro atoms. The van der Waals surface area contributed by atoms with Crippen LogP contribution in [0.5, 0.6) is 0 Å². The molecule has 1 amide bonds. The maximum Gasteiger partial charge on any atom is 0.237 e. The Balaban J connectivity index is 1.80. The van der Waals surface area contributed by atoms with Crippen molar-refractivity contribution in [1.29, 1.82) is 0 Å². The van der Waals surface area contributed by atoms with E-state index in [-0.39, 0.29) is 11.9 Å². The molecule has 21 heavy (non-hydrogen) atoms. The van der Waals surface area contributed by atoms with Crippen LogP contribution < -0.4 is 10.6 Å². The summed E-state index contributed by atoms with van der Waals surface area (Å²) in [5, 5.41) is 5.85. The minimum Gasteiger partial charge on any atom is -0.379 e. The molecule has 0 bridgehead atoms. The monoisotopic (exact) mass is 291 g/mol. The predicted molar refractivity (Wildman–Crippen MR) is 82.9 cm³/mol. The first-order chi connectivity index (χ1) is 10.2. The molecule has 1 aromatic carbocycles. The van der Waals surface area contributed by atoms with Crippen LogP contribution in [0.2, 0.25) is 0 Å². The third-order valence-corrected chi connectivity index (χ3v) is 3.83. The van der Waals surface area contributed by atoms with Gasteiger partial charge in [0.1, 0.15) is 0 Å². The van der Waals surface area contributed by atoms with Crippen molar-refractivity contribution in [1.82, 2.24) is 15.5 Å². The van der Waals surface area contributed by atoms with E-state index in [4.69, 9.17) is 4.74 Å². The average molecular weight is 291 g/mol. The Labute approximate surface area is 126 Å². The highest BCUT2D eigenvalue weighted by atomic mass is 16.5. The SMILES string of the molecule is CNC(C)C(=O)NCc1ccc(CN2CCOCC2)cc1. The van der Waals surface area contributed by atoms with E-state index in [9.17, 15) is 4.79 Å². The minimum absolute atomic E-state index is 0.0230. The average Bonchev–Trinajstić information content (AvgIpc) is 2.54. The van der Waals surface area contributed by atoms with Gasteiger partial charge in [-0.05, 0) is 25.1 Å². The van der Waals surface area contributed by atoms with E-state index >= 15 is 0 Å². The Hall–Kier alpha value is -1.43. The zero-order chi connectivity index (χ0) is 15.1. The summed E-state index contributed by atoms with van der Waals surface area (Å²) in [6.45, 7) is 7.04. The smallest absolute Gasteiger partial charge is 0.237 e. The lowest BCUT2D eigenvalue weighted by atomic mass is 10.1. The molecule has 0 aromatic heterocycles. The van der Waals surface area contributed by atoms with Crippen LogP contribution in [0.1, 0.15) is 18.1 Å². The molecule has 1 aliphatic rings. The van der Waals surface area contributed by atoms with Crippen LogP contribution in [0, 0.1) is 0 Å². The number of rotatable bonds is 6. The van der Waals surface area contributed by atoms with Crippen LogP contribution in [0.3, 0.4) is 0 Å². The third-order valence-electron chi connectivity index (χ3n) is 3.83. The Morgan fingerprint density at radius 2 is 1.86 bits per heavy atom. The van der Waals surface area contributed by atoms with Crippen molar-refractivity contribution < 1.29 is 9.53 Å². The zero-order valence-electron chi connectivity index (χ0n) is 12.9. The second-order valence-electron chi connectivity index (χ2n) is 5.43. The summed E-state index contributed by atoms with van der Waals surface area (Å²) < 4.78 is 5.35. The largest absolute Gasteiger partial charge is 0.379 e. The molecule has 1 unspecified atom stereocenters. The van der Waals surface area contributed by atoms with E-state index in [2.05, 4.69) is 39.8 Å². The molecule has 2 N–H and O–H groups in total. The van der Waals surface area contributed by atoms with E-state index in [1.165, 1.54) is 5.56 Å². The van der Waals surface area contributed by atoms with Crippen molar-refractivity contribution >= 4 is 5.91 Å². The summed E-state index contributed by atoms with van der Waals surface area (Å²) >= 11 is 0. The van der Waals surface area contributed by atoms with Crippen LogP contribution >= 0.6 is 0 Å². The minimum atomic E-state index is -0.161. The molecule has 5 nitrogen and oxygen atoms in total. The van der Waals surface area contributed by atoms with Crippen molar-refractivity contribution in [2.75, 3.05) is 33.4 Å². The number of likely N-dealkylation sites (N-methyl/N-ethyl adjacent to an activating group) is 1. The summed E-state index contributed by atoms with van der Waals surface area (Å²) in [4.78, 5) is 14.1. The third kappa shape index (κ3) is 5.12. The zero-order valence-corrected chi connectivity index (χ0v) is 12.9. The van der Waals surface area contributed by atoms with Crippen molar-refractivity contribution in [3.05, 3.63) is 35.4 Å². The Morgan fingerprint density at radius 1 is 1.24 bits per heavy atom. The second kappa shape index (κ2) is 8.12. The molecule has 0 radical (unpaired) electrons. The fourth-order valence-electron chi connectivity index (χ4n) is 2.25. The van der Waals surface area contributed by atoms with Gasteiger partial charge in [-0.25, -0.2) is 0 Å². The molecular formula is C16H25N3O2. The van der Waals surface area contributed by atoms with Gasteiger partial charge in [-0.2, -0.15) is 0 Å². The first-order valence-electron chi connectivity index (χ1n) is 7.52. The lowest BCUT2D eigenvalue weighted by Gasteiger charge is -2.26. The molecule has 0 aliphatic carbocycles. The van der Waals surface area contributed by atoms with Crippen molar-refractivity contribution in [3.8, 4) is 0 Å². The lowest BCUT2D eigenvalue weighted by Crippen LogP contribution is -2.40. The highest BCUT2D eigenvalue weighted by molar-refractivity contribution is 5.81. The van der Waals surface area contributed by atoms with Gasteiger partial charge in [0.2, 0.25) is 5.91 Å². The topological polar surface area (TPSA) is 53.6 Å². The normalized spacial score (nSPS) is 17.4. The molecule has 1 atom stereocenters. The number of hydrogen-bond acceptors (Lipinski definition) is 4. The molecule has 1 aliphatic heterocycles. The summed E-state index contributed by atoms with van der Waals surface area (Å²) in [5.74, 6) is 0.0230. The fraction of sp³-hybridized carbons (Fsp3) is 0.562. The van der Waals surface area contributed by atoms with E-state index in [1.54, 1.807) is 7.05 Å². The Kier molecular flexibility index (Phi) is 6.17. The first-order valence-corrected chi connectivity index (χ1v) is 7.52. The molecule has 5 heteroatoms. The molecule has 1 saturated heterocycles. The number of ether oxygens (including phenoxy) is 1. The van der Waals surface area contributed by atoms with Gasteiger partial charge in [0.05, 0.1) is 19.3 Å². The molecular weight excluding hydrogens is 266 g/mol. The van der Waals surface area contributed by atoms with E-state index in [0.717, 1.165) is 38.4 Å². The first kappa shape index (κ1) is 15.9. The highest BCUT2D eigenvalue weighted by Gasteiger charge is 2.11. The van der Waals surface area contributed by atoms with Crippen LogP contribution in [-0.2, 0) is 22.6 Å². The van der Waals surface area contributed by atoms with Crippen molar-refractivity contribution in [2.24, 2.45) is 0 Å². The number of nitrogens with one attached hydrogen (secondary N) is 2. The van der Waals surface area contributed by atoms with Gasteiger partial charge in [0.15, 0.2) is 0 Å². The Bertz CT molecular complexity index is 441. The van der Waals surface area contributed by atoms with Gasteiger partial charge < -0.3 is 15.4 Å². The molecule has 2 rings (SSSR count). The number of nitrogens with zero attached hydrogens (tertiary/aromatic N) is 1. The summed E-state index contributed by atoms with van der Waals surface area (Å²) in [5.41, 5.74) is 2.42. The maximum absolute atomic E-state index is 11.7. The standard InChI is InChI=1S/C16H25N3O2/c1-13(17-2)16(20)18-11-14-3-5-15(6-4-14)12-19-7-9-21-10-8-19/h3-6,13,17H,7-12H2,1-2H3,(H,18,20). The van der Waals surface area contributed by atoms with Crippen LogP contribution in [0.15, 0.2) is 24.3 Å². The molecule has 0 saturated carbocycles. The van der Waals surface area contributed by atoms with Crippen LogP contribution in [0.4, 0.5) is 0 Å². The van der Waals surface area contributed by atoms with E-state index in [0.29, 0.717) is 6.54 Å². The van der Waals surface area contributed by atoms with Gasteiger partial charge in [-0.15, -0.1) is 0 Å². The summed E-state index contributed by atoms with van der Waals surface area (Å²) in [7, 11) is 1.78. The van der Waals surface area contributed by atoms with Gasteiger partial charge in [0, 0.05) is 26.2 Å². The molecule has 1 fully saturated rings. The Morgan fingerprint density at radius 3 is 2.48 bits per heavy atom. The highest BCUT2D eigenvalue weighted by Crippen LogP contribution is 2.09. The van der Waals surface area contributed by atoms with Gasteiger partial charge in [0.25, 0.3) is 0 Å². The molecule has 1 aromatic rings. The molecule has 116 valence electrons. The van der Waals surface area contributed by atoms with Crippen molar-refractivity contribution in [3.63, 3.8) is 0 Å². The number of carbonyl (C=O) groups excluding carboxylic acids is 1. The molecule has 1 heterocycles. The number of carbonyl (C=O) groups is 1. The van der Waals surface area contributed by atoms with Gasteiger partial charge in [-0.3, -0.25) is 9.69 Å². The van der Waals surface area contributed by atoms with Crippen molar-refractivity contribution in [2.45, 2.75) is 26.1 Å². The van der Waals surface area contributed by atoms with E-state index < -0.39 is 0 Å². The number of hydrogen-bond donors (Lipinski definition) is 2. The summed E-state index contributed by atoms with van der Waals surface area (Å²) in [6, 6.07) is 8.28. The second-order valence-corrected chi connectivity index (χ2v) is 5.43. The maximum atomic E-state index is 11.7.